The molecule has 1 atom stereocenters. The van der Waals surface area contributed by atoms with Crippen molar-refractivity contribution in [2.45, 2.75) is 62.7 Å². The molecule has 1 unspecified atom stereocenters. The van der Waals surface area contributed by atoms with E-state index in [-0.39, 0.29) is 23.9 Å². The molecule has 0 spiro atoms. The van der Waals surface area contributed by atoms with Gasteiger partial charge in [0.25, 0.3) is 0 Å². The Kier molecular flexibility index (Phi) is 8.26. The van der Waals surface area contributed by atoms with E-state index in [1.807, 2.05) is 6.07 Å². The molecule has 1 aromatic carbocycles. The molecule has 38 heavy (non-hydrogen) atoms. The summed E-state index contributed by atoms with van der Waals surface area (Å²) in [6.07, 6.45) is 0.293. The van der Waals surface area contributed by atoms with Crippen LogP contribution in [0.5, 0.6) is 0 Å². The van der Waals surface area contributed by atoms with Crippen LogP contribution in [-0.4, -0.2) is 75.3 Å². The maximum absolute atomic E-state index is 13.0. The van der Waals surface area contributed by atoms with Crippen molar-refractivity contribution in [1.82, 2.24) is 24.7 Å². The van der Waals surface area contributed by atoms with E-state index in [9.17, 15) is 27.6 Å². The Hall–Kier alpha value is -3.19. The van der Waals surface area contributed by atoms with E-state index >= 15 is 0 Å². The Morgan fingerprint density at radius 2 is 1.63 bits per heavy atom. The fraction of sp³-hybridized carbons (Fsp3) is 0.600. The van der Waals surface area contributed by atoms with Gasteiger partial charge in [-0.3, -0.25) is 24.0 Å². The van der Waals surface area contributed by atoms with Gasteiger partial charge in [-0.2, -0.15) is 13.2 Å². The molecule has 3 saturated heterocycles. The van der Waals surface area contributed by atoms with E-state index in [2.05, 4.69) is 27.7 Å². The molecule has 1 aromatic heterocycles. The fourth-order valence-electron chi connectivity index (χ4n) is 5.63. The molecule has 13 heteroatoms. The first kappa shape index (κ1) is 27.8. The number of carbonyl (C=O) groups is 3. The van der Waals surface area contributed by atoms with Crippen LogP contribution < -0.4 is 16.3 Å². The number of carboxylic acids is 1. The van der Waals surface area contributed by atoms with Gasteiger partial charge in [0.1, 0.15) is 6.04 Å². The first-order valence-electron chi connectivity index (χ1n) is 12.8. The van der Waals surface area contributed by atoms with Crippen LogP contribution in [0.2, 0.25) is 0 Å². The lowest BCUT2D eigenvalue weighted by Crippen LogP contribution is -2.46. The van der Waals surface area contributed by atoms with E-state index in [1.165, 1.54) is 18.4 Å². The summed E-state index contributed by atoms with van der Waals surface area (Å²) < 4.78 is 34.9. The summed E-state index contributed by atoms with van der Waals surface area (Å²) in [7, 11) is 1.76. The van der Waals surface area contributed by atoms with Gasteiger partial charge in [0.15, 0.2) is 0 Å². The average Bonchev–Trinajstić information content (AvgIpc) is 3.14. The summed E-state index contributed by atoms with van der Waals surface area (Å²) in [5.41, 5.74) is 2.68. The molecule has 10 nitrogen and oxygen atoms in total. The second-order valence-corrected chi connectivity index (χ2v) is 10.0. The SMILES string of the molecule is Cn1c(=O)n(C2CCC(=O)NC2=O)c2ccc(C3CCN(C4CCNCC4)CC3)cc21.O=C(O)C(F)(F)F. The van der Waals surface area contributed by atoms with Crippen molar-refractivity contribution in [2.75, 3.05) is 26.2 Å². The van der Waals surface area contributed by atoms with Crippen molar-refractivity contribution >= 4 is 28.8 Å². The van der Waals surface area contributed by atoms with Crippen molar-refractivity contribution in [3.05, 3.63) is 34.2 Å². The number of hydrogen-bond acceptors (Lipinski definition) is 6. The highest BCUT2D eigenvalue weighted by Gasteiger charge is 2.38. The van der Waals surface area contributed by atoms with Crippen molar-refractivity contribution in [1.29, 1.82) is 0 Å². The maximum Gasteiger partial charge on any atom is 0.490 e. The summed E-state index contributed by atoms with van der Waals surface area (Å²) in [5, 5.41) is 12.9. The van der Waals surface area contributed by atoms with Crippen molar-refractivity contribution in [3.63, 3.8) is 0 Å². The van der Waals surface area contributed by atoms with E-state index in [0.717, 1.165) is 50.1 Å². The fourth-order valence-corrected chi connectivity index (χ4v) is 5.63. The Morgan fingerprint density at radius 3 is 2.21 bits per heavy atom. The molecule has 3 aliphatic rings. The summed E-state index contributed by atoms with van der Waals surface area (Å²) in [4.78, 5) is 48.4. The van der Waals surface area contributed by atoms with Crippen LogP contribution in [-0.2, 0) is 21.4 Å². The van der Waals surface area contributed by atoms with Crippen LogP contribution in [0.25, 0.3) is 11.0 Å². The number of alkyl halides is 3. The quantitative estimate of drug-likeness (QED) is 0.509. The number of halogens is 3. The third kappa shape index (κ3) is 5.93. The lowest BCUT2D eigenvalue weighted by atomic mass is 9.88. The number of benzene rings is 1. The van der Waals surface area contributed by atoms with Gasteiger partial charge in [-0.15, -0.1) is 0 Å². The first-order valence-corrected chi connectivity index (χ1v) is 12.8. The Labute approximate surface area is 216 Å². The molecule has 2 amide bonds. The largest absolute Gasteiger partial charge is 0.490 e. The van der Waals surface area contributed by atoms with Crippen LogP contribution in [0.3, 0.4) is 0 Å². The number of nitrogens with zero attached hydrogens (tertiary/aromatic N) is 3. The smallest absolute Gasteiger partial charge is 0.475 e. The molecule has 2 aromatic rings. The maximum atomic E-state index is 13.0. The molecule has 0 radical (unpaired) electrons. The second-order valence-electron chi connectivity index (χ2n) is 10.0. The van der Waals surface area contributed by atoms with E-state index in [1.54, 1.807) is 16.2 Å². The topological polar surface area (TPSA) is 126 Å². The molecular formula is C25H32F3N5O5. The van der Waals surface area contributed by atoms with Gasteiger partial charge < -0.3 is 15.3 Å². The van der Waals surface area contributed by atoms with Gasteiger partial charge in [-0.1, -0.05) is 6.07 Å². The molecule has 3 fully saturated rings. The van der Waals surface area contributed by atoms with Crippen LogP contribution in [0.4, 0.5) is 13.2 Å². The van der Waals surface area contributed by atoms with Gasteiger partial charge in [0, 0.05) is 19.5 Å². The number of carbonyl (C=O) groups excluding carboxylic acids is 2. The lowest BCUT2D eigenvalue weighted by molar-refractivity contribution is -0.192. The van der Waals surface area contributed by atoms with Crippen molar-refractivity contribution in [3.8, 4) is 0 Å². The molecule has 208 valence electrons. The van der Waals surface area contributed by atoms with Gasteiger partial charge >= 0.3 is 17.8 Å². The van der Waals surface area contributed by atoms with Crippen LogP contribution in [0, 0.1) is 0 Å². The monoisotopic (exact) mass is 539 g/mol. The highest BCUT2D eigenvalue weighted by molar-refractivity contribution is 6.00. The zero-order valence-electron chi connectivity index (χ0n) is 21.1. The number of aromatic nitrogens is 2. The number of carboxylic acid groups (broad SMARTS) is 1. The number of aryl methyl sites for hydroxylation is 1. The summed E-state index contributed by atoms with van der Waals surface area (Å²) >= 11 is 0. The minimum Gasteiger partial charge on any atom is -0.475 e. The zero-order chi connectivity index (χ0) is 27.6. The van der Waals surface area contributed by atoms with Gasteiger partial charge in [-0.25, -0.2) is 9.59 Å². The molecule has 5 rings (SSSR count). The van der Waals surface area contributed by atoms with Crippen LogP contribution >= 0.6 is 0 Å². The highest BCUT2D eigenvalue weighted by atomic mass is 19.4. The van der Waals surface area contributed by atoms with Gasteiger partial charge in [0.05, 0.1) is 11.0 Å². The van der Waals surface area contributed by atoms with Crippen LogP contribution in [0.15, 0.2) is 23.0 Å². The number of amides is 2. The highest BCUT2D eigenvalue weighted by Crippen LogP contribution is 2.32. The predicted molar refractivity (Wildman–Crippen MR) is 132 cm³/mol. The normalized spacial score (nSPS) is 22.2. The number of piperidine rings is 3. The van der Waals surface area contributed by atoms with Crippen LogP contribution in [0.1, 0.15) is 56.0 Å². The van der Waals surface area contributed by atoms with E-state index < -0.39 is 18.2 Å². The Morgan fingerprint density at radius 1 is 1.00 bits per heavy atom. The molecule has 0 saturated carbocycles. The number of aliphatic carboxylic acids is 1. The van der Waals surface area contributed by atoms with E-state index in [4.69, 9.17) is 9.90 Å². The molecule has 3 aliphatic heterocycles. The molecule has 3 N–H and O–H groups in total. The van der Waals surface area contributed by atoms with E-state index in [0.29, 0.717) is 18.4 Å². The second kappa shape index (κ2) is 11.3. The summed E-state index contributed by atoms with van der Waals surface area (Å²) in [6.45, 7) is 4.51. The number of imidazole rings is 1. The number of rotatable bonds is 3. The number of likely N-dealkylation sites (tertiary alicyclic amines) is 1. The summed E-state index contributed by atoms with van der Waals surface area (Å²) in [6, 6.07) is 6.31. The molecule has 0 aliphatic carbocycles. The number of nitrogens with one attached hydrogen (secondary N) is 2. The number of fused-ring (bicyclic) bond motifs is 1. The molecule has 0 bridgehead atoms. The Bertz CT molecular complexity index is 1260. The Balaban J connectivity index is 0.000000426. The number of hydrogen-bond donors (Lipinski definition) is 3. The first-order chi connectivity index (χ1) is 18.0. The third-order valence-electron chi connectivity index (χ3n) is 7.70. The third-order valence-corrected chi connectivity index (χ3v) is 7.70. The average molecular weight is 540 g/mol. The van der Waals surface area contributed by atoms with Crippen molar-refractivity contribution in [2.24, 2.45) is 7.05 Å². The van der Waals surface area contributed by atoms with Crippen molar-refractivity contribution < 1.29 is 32.7 Å². The predicted octanol–water partition coefficient (Wildman–Crippen LogP) is 1.88. The summed E-state index contributed by atoms with van der Waals surface area (Å²) in [5.74, 6) is -2.92. The molecular weight excluding hydrogens is 507 g/mol. The van der Waals surface area contributed by atoms with Gasteiger partial charge in [-0.05, 0) is 81.9 Å². The minimum atomic E-state index is -5.08. The lowest BCUT2D eigenvalue weighted by Gasteiger charge is -2.39. The molecule has 4 heterocycles. The number of imide groups is 1. The minimum absolute atomic E-state index is 0.206. The zero-order valence-corrected chi connectivity index (χ0v) is 21.1. The standard InChI is InChI=1S/C23H31N5O3.C2HF3O2/c1-26-20-14-16(15-8-12-27(13-9-15)17-6-10-24-11-7-17)2-3-18(20)28(23(26)31)19-4-5-21(29)25-22(19)30;3-2(4,5)1(6)7/h2-3,14-15,17,19,24H,4-13H2,1H3,(H,25,29,30);(H,6,7). The van der Waals surface area contributed by atoms with Gasteiger partial charge in [0.2, 0.25) is 11.8 Å².